The average Bonchev–Trinajstić information content (AvgIpc) is 2.23. The van der Waals surface area contributed by atoms with Gasteiger partial charge in [-0.25, -0.2) is 4.99 Å². The lowest BCUT2D eigenvalue weighted by molar-refractivity contribution is -0.217. The Bertz CT molecular complexity index is 401. The Morgan fingerprint density at radius 2 is 1.94 bits per heavy atom. The minimum atomic E-state index is -4.71. The van der Waals surface area contributed by atoms with Crippen molar-refractivity contribution in [1.29, 1.82) is 0 Å². The van der Waals surface area contributed by atoms with Crippen LogP contribution in [0.3, 0.4) is 0 Å². The first kappa shape index (κ1) is 13.2. The van der Waals surface area contributed by atoms with Crippen LogP contribution in [0.15, 0.2) is 35.3 Å². The van der Waals surface area contributed by atoms with Gasteiger partial charge in [-0.05, 0) is 5.56 Å². The Morgan fingerprint density at radius 1 is 1.35 bits per heavy atom. The monoisotopic (exact) mass is 245 g/mol. The molecule has 0 fully saturated rings. The Morgan fingerprint density at radius 3 is 2.41 bits per heavy atom. The molecule has 0 aliphatic heterocycles. The smallest absolute Gasteiger partial charge is 0.430 e. The van der Waals surface area contributed by atoms with Crippen LogP contribution >= 0.6 is 0 Å². The van der Waals surface area contributed by atoms with E-state index in [1.54, 1.807) is 30.3 Å². The fourth-order valence-electron chi connectivity index (χ4n) is 1.03. The number of esters is 1. The Hall–Kier alpha value is -1.85. The van der Waals surface area contributed by atoms with E-state index in [2.05, 4.69) is 9.73 Å². The zero-order valence-corrected chi connectivity index (χ0v) is 8.94. The average molecular weight is 245 g/mol. The van der Waals surface area contributed by atoms with Crippen molar-refractivity contribution in [3.8, 4) is 0 Å². The molecule has 0 aliphatic rings. The number of ether oxygens (including phenoxy) is 1. The van der Waals surface area contributed by atoms with E-state index in [1.807, 2.05) is 0 Å². The van der Waals surface area contributed by atoms with Crippen LogP contribution in [0, 0.1) is 0 Å². The van der Waals surface area contributed by atoms with Gasteiger partial charge in [-0.1, -0.05) is 30.3 Å². The molecule has 0 heterocycles. The van der Waals surface area contributed by atoms with Crippen molar-refractivity contribution in [1.82, 2.24) is 0 Å². The molecule has 0 amide bonds. The van der Waals surface area contributed by atoms with Gasteiger partial charge in [0.25, 0.3) is 6.23 Å². The third-order valence-corrected chi connectivity index (χ3v) is 1.72. The molecule has 0 N–H and O–H groups in total. The van der Waals surface area contributed by atoms with E-state index in [-0.39, 0.29) is 0 Å². The van der Waals surface area contributed by atoms with Crippen molar-refractivity contribution in [2.75, 3.05) is 0 Å². The first-order valence-corrected chi connectivity index (χ1v) is 4.72. The lowest BCUT2D eigenvalue weighted by atomic mass is 10.2. The van der Waals surface area contributed by atoms with Gasteiger partial charge < -0.3 is 4.74 Å². The number of hydrogen-bond donors (Lipinski definition) is 0. The highest BCUT2D eigenvalue weighted by atomic mass is 19.4. The van der Waals surface area contributed by atoms with Gasteiger partial charge in [0, 0.05) is 13.1 Å². The molecular formula is C11H10F3NO2. The molecule has 0 aromatic heterocycles. The number of halogens is 3. The SMILES string of the molecule is CC(=O)OC(N=Cc1ccccc1)C(F)(F)F. The minimum Gasteiger partial charge on any atom is -0.430 e. The van der Waals surface area contributed by atoms with Crippen LogP contribution in [0.2, 0.25) is 0 Å². The highest BCUT2D eigenvalue weighted by molar-refractivity contribution is 5.79. The third kappa shape index (κ3) is 4.67. The molecule has 1 rings (SSSR count). The molecule has 1 aromatic rings. The maximum atomic E-state index is 12.4. The maximum absolute atomic E-state index is 12.4. The molecule has 1 unspecified atom stereocenters. The topological polar surface area (TPSA) is 38.7 Å². The van der Waals surface area contributed by atoms with Crippen LogP contribution in [-0.4, -0.2) is 24.6 Å². The van der Waals surface area contributed by atoms with Crippen LogP contribution in [0.5, 0.6) is 0 Å². The molecular weight excluding hydrogens is 235 g/mol. The van der Waals surface area contributed by atoms with Crippen LogP contribution in [-0.2, 0) is 9.53 Å². The van der Waals surface area contributed by atoms with Crippen molar-refractivity contribution in [2.24, 2.45) is 4.99 Å². The van der Waals surface area contributed by atoms with Crippen LogP contribution in [0.25, 0.3) is 0 Å². The van der Waals surface area contributed by atoms with Gasteiger partial charge in [0.05, 0.1) is 0 Å². The first-order valence-electron chi connectivity index (χ1n) is 4.72. The largest absolute Gasteiger partial charge is 0.447 e. The second kappa shape index (κ2) is 5.47. The van der Waals surface area contributed by atoms with E-state index in [9.17, 15) is 18.0 Å². The van der Waals surface area contributed by atoms with E-state index in [4.69, 9.17) is 0 Å². The van der Waals surface area contributed by atoms with E-state index >= 15 is 0 Å². The van der Waals surface area contributed by atoms with Crippen molar-refractivity contribution >= 4 is 12.2 Å². The fraction of sp³-hybridized carbons (Fsp3) is 0.273. The zero-order valence-electron chi connectivity index (χ0n) is 8.94. The molecule has 17 heavy (non-hydrogen) atoms. The summed E-state index contributed by atoms with van der Waals surface area (Å²) < 4.78 is 41.3. The summed E-state index contributed by atoms with van der Waals surface area (Å²) in [6.07, 6.45) is -6.15. The maximum Gasteiger partial charge on any atom is 0.447 e. The molecule has 0 radical (unpaired) electrons. The normalized spacial score (nSPS) is 13.6. The number of hydrogen-bond acceptors (Lipinski definition) is 3. The number of benzene rings is 1. The van der Waals surface area contributed by atoms with E-state index in [1.165, 1.54) is 0 Å². The van der Waals surface area contributed by atoms with E-state index < -0.39 is 18.4 Å². The lowest BCUT2D eigenvalue weighted by Gasteiger charge is -2.15. The van der Waals surface area contributed by atoms with Gasteiger partial charge in [-0.15, -0.1) is 0 Å². The molecule has 0 spiro atoms. The van der Waals surface area contributed by atoms with Gasteiger partial charge in [0.1, 0.15) is 0 Å². The first-order chi connectivity index (χ1) is 7.89. The number of carbonyl (C=O) groups is 1. The molecule has 1 aromatic carbocycles. The molecule has 92 valence electrons. The van der Waals surface area contributed by atoms with Crippen molar-refractivity contribution in [2.45, 2.75) is 19.3 Å². The Balaban J connectivity index is 2.80. The van der Waals surface area contributed by atoms with Gasteiger partial charge in [-0.3, -0.25) is 4.79 Å². The van der Waals surface area contributed by atoms with Gasteiger partial charge in [0.15, 0.2) is 0 Å². The highest BCUT2D eigenvalue weighted by Crippen LogP contribution is 2.23. The van der Waals surface area contributed by atoms with E-state index in [0.29, 0.717) is 5.56 Å². The molecule has 0 saturated heterocycles. The summed E-state index contributed by atoms with van der Waals surface area (Å²) in [4.78, 5) is 13.7. The number of alkyl halides is 3. The third-order valence-electron chi connectivity index (χ3n) is 1.72. The summed E-state index contributed by atoms with van der Waals surface area (Å²) in [5, 5.41) is 0. The van der Waals surface area contributed by atoms with Gasteiger partial charge >= 0.3 is 12.1 Å². The fourth-order valence-corrected chi connectivity index (χ4v) is 1.03. The predicted molar refractivity (Wildman–Crippen MR) is 55.6 cm³/mol. The molecule has 3 nitrogen and oxygen atoms in total. The summed E-state index contributed by atoms with van der Waals surface area (Å²) in [5.74, 6) is -1.03. The minimum absolute atomic E-state index is 0.494. The summed E-state index contributed by atoms with van der Waals surface area (Å²) in [6, 6.07) is 8.23. The molecule has 0 bridgehead atoms. The van der Waals surface area contributed by atoms with Gasteiger partial charge in [0.2, 0.25) is 0 Å². The second-order valence-electron chi connectivity index (χ2n) is 3.19. The van der Waals surface area contributed by atoms with Crippen LogP contribution in [0.1, 0.15) is 12.5 Å². The highest BCUT2D eigenvalue weighted by Gasteiger charge is 2.42. The Labute approximate surface area is 95.9 Å². The number of carbonyl (C=O) groups excluding carboxylic acids is 1. The second-order valence-corrected chi connectivity index (χ2v) is 3.19. The predicted octanol–water partition coefficient (Wildman–Crippen LogP) is 2.56. The number of nitrogens with zero attached hydrogens (tertiary/aromatic N) is 1. The quantitative estimate of drug-likeness (QED) is 0.606. The van der Waals surface area contributed by atoms with Crippen molar-refractivity contribution < 1.29 is 22.7 Å². The molecule has 0 saturated carbocycles. The number of rotatable bonds is 3. The molecule has 0 aliphatic carbocycles. The molecule has 1 atom stereocenters. The molecule has 6 heteroatoms. The summed E-state index contributed by atoms with van der Waals surface area (Å²) in [7, 11) is 0. The van der Waals surface area contributed by atoms with Gasteiger partial charge in [-0.2, -0.15) is 13.2 Å². The summed E-state index contributed by atoms with van der Waals surface area (Å²) in [6.45, 7) is 0.900. The number of aliphatic imine (C=N–C) groups is 1. The van der Waals surface area contributed by atoms with E-state index in [0.717, 1.165) is 13.1 Å². The zero-order chi connectivity index (χ0) is 12.9. The standard InChI is InChI=1S/C11H10F3NO2/c1-8(16)17-10(11(12,13)14)15-7-9-5-3-2-4-6-9/h2-7,10H,1H3. The van der Waals surface area contributed by atoms with Crippen molar-refractivity contribution in [3.05, 3.63) is 35.9 Å². The summed E-state index contributed by atoms with van der Waals surface area (Å²) in [5.41, 5.74) is 0.494. The lowest BCUT2D eigenvalue weighted by Crippen LogP contribution is -2.31. The van der Waals surface area contributed by atoms with Crippen molar-refractivity contribution in [3.63, 3.8) is 0 Å². The Kier molecular flexibility index (Phi) is 4.25. The van der Waals surface area contributed by atoms with Crippen LogP contribution in [0.4, 0.5) is 13.2 Å². The summed E-state index contributed by atoms with van der Waals surface area (Å²) >= 11 is 0. The van der Waals surface area contributed by atoms with Crippen LogP contribution < -0.4 is 0 Å².